The van der Waals surface area contributed by atoms with Crippen molar-refractivity contribution in [3.8, 4) is 0 Å². The molecule has 6 heteroatoms. The highest BCUT2D eigenvalue weighted by Crippen LogP contribution is 2.22. The molecule has 0 bridgehead atoms. The number of carboxylic acid groups (broad SMARTS) is 1. The first-order valence-corrected chi connectivity index (χ1v) is 5.99. The molecule has 1 saturated heterocycles. The number of hydrogen-bond donors (Lipinski definition) is 2. The zero-order valence-electron chi connectivity index (χ0n) is 8.41. The van der Waals surface area contributed by atoms with Gasteiger partial charge in [-0.1, -0.05) is 0 Å². The molecule has 0 radical (unpaired) electrons. The molecular formula is C9H13NO4S. The van der Waals surface area contributed by atoms with Crippen molar-refractivity contribution in [2.24, 2.45) is 0 Å². The van der Waals surface area contributed by atoms with Crippen molar-refractivity contribution in [2.45, 2.75) is 24.8 Å². The molecule has 0 aliphatic carbocycles. The Bertz CT molecular complexity index is 304. The van der Waals surface area contributed by atoms with Crippen molar-refractivity contribution < 1.29 is 19.5 Å². The quantitative estimate of drug-likeness (QED) is 0.667. The number of carbonyl (C=O) groups is 3. The van der Waals surface area contributed by atoms with Gasteiger partial charge < -0.3 is 10.4 Å². The summed E-state index contributed by atoms with van der Waals surface area (Å²) in [5, 5.41) is 11.4. The second kappa shape index (κ2) is 4.65. The lowest BCUT2D eigenvalue weighted by Crippen LogP contribution is -2.63. The van der Waals surface area contributed by atoms with Gasteiger partial charge in [-0.25, -0.2) is 4.79 Å². The lowest BCUT2D eigenvalue weighted by Gasteiger charge is -2.32. The fourth-order valence-corrected chi connectivity index (χ4v) is 2.06. The van der Waals surface area contributed by atoms with Crippen LogP contribution in [0.25, 0.3) is 0 Å². The van der Waals surface area contributed by atoms with Gasteiger partial charge in [-0.05, 0) is 18.4 Å². The van der Waals surface area contributed by atoms with Crippen LogP contribution in [-0.2, 0) is 14.4 Å². The van der Waals surface area contributed by atoms with Gasteiger partial charge in [0.25, 0.3) is 0 Å². The molecule has 15 heavy (non-hydrogen) atoms. The fraction of sp³-hybridized carbons (Fsp3) is 0.667. The zero-order chi connectivity index (χ0) is 11.5. The van der Waals surface area contributed by atoms with Crippen LogP contribution in [0, 0.1) is 0 Å². The minimum atomic E-state index is -1.68. The smallest absolute Gasteiger partial charge is 0.337 e. The van der Waals surface area contributed by atoms with Crippen molar-refractivity contribution in [1.29, 1.82) is 0 Å². The summed E-state index contributed by atoms with van der Waals surface area (Å²) in [6.45, 7) is 0. The van der Waals surface area contributed by atoms with Crippen LogP contribution in [-0.4, -0.2) is 40.3 Å². The monoisotopic (exact) mass is 231 g/mol. The summed E-state index contributed by atoms with van der Waals surface area (Å²) in [7, 11) is 0. The van der Waals surface area contributed by atoms with Crippen LogP contribution in [0.2, 0.25) is 0 Å². The number of aliphatic carboxylic acids is 1. The van der Waals surface area contributed by atoms with E-state index in [0.717, 1.165) is 0 Å². The lowest BCUT2D eigenvalue weighted by atomic mass is 9.85. The van der Waals surface area contributed by atoms with Crippen LogP contribution >= 0.6 is 11.8 Å². The van der Waals surface area contributed by atoms with E-state index in [1.165, 1.54) is 11.8 Å². The molecule has 1 heterocycles. The molecule has 1 fully saturated rings. The summed E-state index contributed by atoms with van der Waals surface area (Å²) in [5.41, 5.74) is -1.68. The molecule has 1 aliphatic heterocycles. The Balaban J connectivity index is 2.90. The minimum absolute atomic E-state index is 0.0204. The number of amides is 1. The standard InChI is InChI=1S/C9H13NO4S/c1-15-5-4-9(8(13)14)6(11)2-3-7(12)10-9/h2-5H2,1H3,(H,10,12)(H,13,14)/t9-/m1/s1. The predicted molar refractivity (Wildman–Crippen MR) is 55.7 cm³/mol. The number of ketones is 1. The zero-order valence-corrected chi connectivity index (χ0v) is 9.23. The summed E-state index contributed by atoms with van der Waals surface area (Å²) < 4.78 is 0. The average molecular weight is 231 g/mol. The number of hydrogen-bond acceptors (Lipinski definition) is 4. The SMILES string of the molecule is CSCC[C@@]1(C(=O)O)NC(=O)CCC1=O. The van der Waals surface area contributed by atoms with Gasteiger partial charge >= 0.3 is 5.97 Å². The molecule has 0 saturated carbocycles. The molecule has 1 rings (SSSR count). The average Bonchev–Trinajstić information content (AvgIpc) is 2.19. The van der Waals surface area contributed by atoms with Gasteiger partial charge in [-0.2, -0.15) is 11.8 Å². The molecule has 0 aromatic heterocycles. The van der Waals surface area contributed by atoms with Crippen LogP contribution in [0.4, 0.5) is 0 Å². The molecule has 0 unspecified atom stereocenters. The topological polar surface area (TPSA) is 83.5 Å². The molecule has 1 atom stereocenters. The third-order valence-electron chi connectivity index (χ3n) is 2.45. The van der Waals surface area contributed by atoms with Gasteiger partial charge in [0.15, 0.2) is 11.3 Å². The highest BCUT2D eigenvalue weighted by Gasteiger charge is 2.48. The Hall–Kier alpha value is -1.04. The lowest BCUT2D eigenvalue weighted by molar-refractivity contribution is -0.155. The maximum atomic E-state index is 11.6. The van der Waals surface area contributed by atoms with Crippen molar-refractivity contribution in [3.63, 3.8) is 0 Å². The highest BCUT2D eigenvalue weighted by molar-refractivity contribution is 7.98. The summed E-state index contributed by atoms with van der Waals surface area (Å²) in [6.07, 6.45) is 2.08. The Morgan fingerprint density at radius 2 is 2.20 bits per heavy atom. The number of Topliss-reactive ketones (excluding diaryl/α,β-unsaturated/α-hetero) is 1. The molecule has 2 N–H and O–H groups in total. The van der Waals surface area contributed by atoms with Gasteiger partial charge in [-0.15, -0.1) is 0 Å². The van der Waals surface area contributed by atoms with E-state index in [1.807, 2.05) is 6.26 Å². The number of thioether (sulfide) groups is 1. The number of rotatable bonds is 4. The largest absolute Gasteiger partial charge is 0.479 e. The van der Waals surface area contributed by atoms with Gasteiger partial charge in [0.1, 0.15) is 0 Å². The summed E-state index contributed by atoms with van der Waals surface area (Å²) in [6, 6.07) is 0. The van der Waals surface area contributed by atoms with Crippen molar-refractivity contribution in [3.05, 3.63) is 0 Å². The van der Waals surface area contributed by atoms with E-state index in [9.17, 15) is 14.4 Å². The molecule has 0 spiro atoms. The van der Waals surface area contributed by atoms with Crippen LogP contribution in [0.15, 0.2) is 0 Å². The molecule has 84 valence electrons. The maximum absolute atomic E-state index is 11.6. The van der Waals surface area contributed by atoms with E-state index in [4.69, 9.17) is 5.11 Å². The van der Waals surface area contributed by atoms with E-state index in [2.05, 4.69) is 5.32 Å². The number of piperidine rings is 1. The van der Waals surface area contributed by atoms with Crippen LogP contribution in [0.3, 0.4) is 0 Å². The third-order valence-corrected chi connectivity index (χ3v) is 3.07. The van der Waals surface area contributed by atoms with Gasteiger partial charge in [-0.3, -0.25) is 9.59 Å². The first-order valence-electron chi connectivity index (χ1n) is 4.59. The Labute approximate surface area is 91.6 Å². The van der Waals surface area contributed by atoms with E-state index >= 15 is 0 Å². The van der Waals surface area contributed by atoms with E-state index in [1.54, 1.807) is 0 Å². The van der Waals surface area contributed by atoms with Gasteiger partial charge in [0.05, 0.1) is 0 Å². The van der Waals surface area contributed by atoms with E-state index in [-0.39, 0.29) is 25.2 Å². The van der Waals surface area contributed by atoms with Crippen LogP contribution in [0.5, 0.6) is 0 Å². The van der Waals surface area contributed by atoms with Crippen molar-refractivity contribution >= 4 is 29.4 Å². The molecule has 5 nitrogen and oxygen atoms in total. The third kappa shape index (κ3) is 2.31. The summed E-state index contributed by atoms with van der Waals surface area (Å²) in [5.74, 6) is -1.49. The predicted octanol–water partition coefficient (Wildman–Crippen LogP) is 0.0420. The minimum Gasteiger partial charge on any atom is -0.479 e. The summed E-state index contributed by atoms with van der Waals surface area (Å²) >= 11 is 1.45. The summed E-state index contributed by atoms with van der Waals surface area (Å²) in [4.78, 5) is 33.9. The molecular weight excluding hydrogens is 218 g/mol. The van der Waals surface area contributed by atoms with Gasteiger partial charge in [0, 0.05) is 12.8 Å². The van der Waals surface area contributed by atoms with Crippen LogP contribution in [0.1, 0.15) is 19.3 Å². The molecule has 0 aromatic carbocycles. The van der Waals surface area contributed by atoms with Crippen molar-refractivity contribution in [1.82, 2.24) is 5.32 Å². The fourth-order valence-electron chi connectivity index (χ4n) is 1.55. The normalized spacial score (nSPS) is 26.2. The second-order valence-corrected chi connectivity index (χ2v) is 4.41. The Morgan fingerprint density at radius 3 is 2.73 bits per heavy atom. The highest BCUT2D eigenvalue weighted by atomic mass is 32.2. The molecule has 0 aromatic rings. The first kappa shape index (κ1) is 12.0. The number of carbonyl (C=O) groups excluding carboxylic acids is 2. The first-order chi connectivity index (χ1) is 7.03. The van der Waals surface area contributed by atoms with E-state index in [0.29, 0.717) is 5.75 Å². The number of nitrogens with one attached hydrogen (secondary N) is 1. The van der Waals surface area contributed by atoms with Crippen LogP contribution < -0.4 is 5.32 Å². The molecule has 1 aliphatic rings. The van der Waals surface area contributed by atoms with Crippen molar-refractivity contribution in [2.75, 3.05) is 12.0 Å². The Morgan fingerprint density at radius 1 is 1.53 bits per heavy atom. The van der Waals surface area contributed by atoms with Gasteiger partial charge in [0.2, 0.25) is 5.91 Å². The maximum Gasteiger partial charge on any atom is 0.337 e. The number of carboxylic acids is 1. The molecule has 1 amide bonds. The van der Waals surface area contributed by atoms with E-state index < -0.39 is 17.3 Å². The second-order valence-electron chi connectivity index (χ2n) is 3.42. The Kier molecular flexibility index (Phi) is 3.73.